The van der Waals surface area contributed by atoms with Gasteiger partial charge in [-0.2, -0.15) is 0 Å². The third-order valence-electron chi connectivity index (χ3n) is 0.986. The van der Waals surface area contributed by atoms with Crippen molar-refractivity contribution in [3.63, 3.8) is 0 Å². The summed E-state index contributed by atoms with van der Waals surface area (Å²) in [5, 5.41) is 16.3. The van der Waals surface area contributed by atoms with Crippen molar-refractivity contribution in [1.82, 2.24) is 0 Å². The van der Waals surface area contributed by atoms with E-state index in [-0.39, 0.29) is 116 Å². The van der Waals surface area contributed by atoms with Gasteiger partial charge in [-0.15, -0.1) is 0 Å². The quantitative estimate of drug-likeness (QED) is 0.506. The minimum atomic E-state index is -1.17. The number of hydrogen-bond donors (Lipinski definition) is 3. The number of carbonyl (C=O) groups is 2. The van der Waals surface area contributed by atoms with Crippen molar-refractivity contribution < 1.29 is 19.8 Å². The number of hydrogen-bond acceptors (Lipinski definition) is 3. The average molecular weight is 225 g/mol. The van der Waals surface area contributed by atoms with Gasteiger partial charge in [0.15, 0.2) is 0 Å². The zero-order valence-corrected chi connectivity index (χ0v) is 13.5. The second kappa shape index (κ2) is 11.2. The summed E-state index contributed by atoms with van der Waals surface area (Å²) in [6, 6.07) is -1.06. The van der Waals surface area contributed by atoms with Gasteiger partial charge in [0.05, 0.1) is 0 Å². The first-order valence-corrected chi connectivity index (χ1v) is 2.74. The molecular weight excluding hydrogens is 216 g/mol. The van der Waals surface area contributed by atoms with Crippen LogP contribution in [0.15, 0.2) is 0 Å². The van der Waals surface area contributed by atoms with Crippen LogP contribution < -0.4 is 5.73 Å². The number of carboxylic acid groups (broad SMARTS) is 2. The van der Waals surface area contributed by atoms with Crippen LogP contribution >= 0.6 is 0 Å². The number of rotatable bonds is 4. The van der Waals surface area contributed by atoms with Gasteiger partial charge in [0, 0.05) is 109 Å². The molecule has 0 unspecified atom stereocenters. The summed E-state index contributed by atoms with van der Waals surface area (Å²) in [6.45, 7) is 0. The largest absolute Gasteiger partial charge is 0.481 e. The molecule has 0 amide bonds. The molecule has 0 aromatic heterocycles. The second-order valence-corrected chi connectivity index (χ2v) is 1.88. The van der Waals surface area contributed by atoms with Crippen molar-refractivity contribution >= 4 is 115 Å². The molecule has 0 aliphatic carbocycles. The smallest absolute Gasteiger partial charge is 0.320 e. The summed E-state index contributed by atoms with van der Waals surface area (Å²) < 4.78 is 0. The molecular formula is C5H9K2NO4. The van der Waals surface area contributed by atoms with Gasteiger partial charge in [0.25, 0.3) is 0 Å². The van der Waals surface area contributed by atoms with Gasteiger partial charge >= 0.3 is 11.9 Å². The summed E-state index contributed by atoms with van der Waals surface area (Å²) in [6.07, 6.45) is -0.224. The first-order valence-electron chi connectivity index (χ1n) is 2.74. The first kappa shape index (κ1) is 19.7. The standard InChI is InChI=1S/C5H9NO4.2K/c6-3(5(9)10)1-2-4(7)8;;/h3H,1-2,6H2,(H,7,8)(H,9,10);;/t3-;;/m0../s1. The molecule has 7 heteroatoms. The molecule has 0 aromatic carbocycles. The molecule has 0 rings (SSSR count). The predicted octanol–water partition coefficient (Wildman–Crippen LogP) is -1.50. The van der Waals surface area contributed by atoms with E-state index in [4.69, 9.17) is 15.9 Å². The molecule has 0 aromatic rings. The summed E-state index contributed by atoms with van der Waals surface area (Å²) in [4.78, 5) is 19.9. The molecule has 60 valence electrons. The fraction of sp³-hybridized carbons (Fsp3) is 0.600. The van der Waals surface area contributed by atoms with Gasteiger partial charge in [-0.25, -0.2) is 0 Å². The van der Waals surface area contributed by atoms with Crippen LogP contribution in [0.25, 0.3) is 0 Å². The van der Waals surface area contributed by atoms with Crippen LogP contribution in [0.4, 0.5) is 0 Å². The average Bonchev–Trinajstić information content (AvgIpc) is 1.82. The molecule has 12 heavy (non-hydrogen) atoms. The van der Waals surface area contributed by atoms with Gasteiger partial charge < -0.3 is 15.9 Å². The Labute approximate surface area is 155 Å². The molecule has 0 aliphatic rings. The maximum absolute atomic E-state index is 9.99. The van der Waals surface area contributed by atoms with Gasteiger partial charge in [-0.3, -0.25) is 9.59 Å². The van der Waals surface area contributed by atoms with E-state index >= 15 is 0 Å². The van der Waals surface area contributed by atoms with E-state index in [2.05, 4.69) is 0 Å². The van der Waals surface area contributed by atoms with Crippen LogP contribution in [-0.2, 0) is 9.59 Å². The van der Waals surface area contributed by atoms with Crippen LogP contribution in [0.5, 0.6) is 0 Å². The molecule has 5 nitrogen and oxygen atoms in total. The Morgan fingerprint density at radius 3 is 1.92 bits per heavy atom. The number of carboxylic acids is 2. The van der Waals surface area contributed by atoms with E-state index < -0.39 is 18.0 Å². The molecule has 0 saturated heterocycles. The topological polar surface area (TPSA) is 101 Å². The fourth-order valence-corrected chi connectivity index (χ4v) is 0.402. The summed E-state index contributed by atoms with van der Waals surface area (Å²) in [7, 11) is 0. The van der Waals surface area contributed by atoms with Crippen LogP contribution in [-0.4, -0.2) is 131 Å². The molecule has 4 N–H and O–H groups in total. The SMILES string of the molecule is N[C@@H](CCC(=O)O)C(=O)O.[K].[K]. The third kappa shape index (κ3) is 12.2. The Bertz CT molecular complexity index is 152. The number of nitrogens with two attached hydrogens (primary N) is 1. The van der Waals surface area contributed by atoms with Gasteiger partial charge in [-0.05, 0) is 6.42 Å². The van der Waals surface area contributed by atoms with E-state index in [1.807, 2.05) is 0 Å². The van der Waals surface area contributed by atoms with Gasteiger partial charge in [0.1, 0.15) is 6.04 Å². The predicted molar refractivity (Wildman–Crippen MR) is 44.0 cm³/mol. The first-order chi connectivity index (χ1) is 4.54. The summed E-state index contributed by atoms with van der Waals surface area (Å²) in [5.41, 5.74) is 5.00. The van der Waals surface area contributed by atoms with Crippen molar-refractivity contribution in [2.75, 3.05) is 0 Å². The minimum Gasteiger partial charge on any atom is -0.481 e. The van der Waals surface area contributed by atoms with E-state index in [9.17, 15) is 9.59 Å². The molecule has 0 heterocycles. The van der Waals surface area contributed by atoms with Crippen LogP contribution in [0.2, 0.25) is 0 Å². The molecule has 1 atom stereocenters. The molecule has 0 aliphatic heterocycles. The van der Waals surface area contributed by atoms with Gasteiger partial charge in [-0.1, -0.05) is 0 Å². The van der Waals surface area contributed by atoms with E-state index in [1.54, 1.807) is 0 Å². The molecule has 0 fully saturated rings. The molecule has 0 spiro atoms. The van der Waals surface area contributed by atoms with Crippen molar-refractivity contribution in [3.05, 3.63) is 0 Å². The second-order valence-electron chi connectivity index (χ2n) is 1.88. The molecule has 2 radical (unpaired) electrons. The normalized spacial score (nSPS) is 10.4. The Hall–Kier alpha value is 2.17. The Kier molecular flexibility index (Phi) is 18.5. The summed E-state index contributed by atoms with van der Waals surface area (Å²) >= 11 is 0. The maximum atomic E-state index is 9.99. The minimum absolute atomic E-state index is 0. The van der Waals surface area contributed by atoms with Crippen molar-refractivity contribution in [2.24, 2.45) is 5.73 Å². The van der Waals surface area contributed by atoms with Crippen LogP contribution in [0.1, 0.15) is 12.8 Å². The van der Waals surface area contributed by atoms with E-state index in [0.717, 1.165) is 0 Å². The Morgan fingerprint density at radius 1 is 1.25 bits per heavy atom. The fourth-order valence-electron chi connectivity index (χ4n) is 0.402. The molecule has 0 saturated carbocycles. The zero-order valence-electron chi connectivity index (χ0n) is 7.28. The Balaban J connectivity index is -0.000000405. The van der Waals surface area contributed by atoms with E-state index in [1.165, 1.54) is 0 Å². The maximum Gasteiger partial charge on any atom is 0.320 e. The third-order valence-corrected chi connectivity index (χ3v) is 0.986. The Morgan fingerprint density at radius 2 is 1.67 bits per heavy atom. The van der Waals surface area contributed by atoms with Crippen molar-refractivity contribution in [1.29, 1.82) is 0 Å². The van der Waals surface area contributed by atoms with E-state index in [0.29, 0.717) is 0 Å². The number of aliphatic carboxylic acids is 2. The van der Waals surface area contributed by atoms with Crippen molar-refractivity contribution in [2.45, 2.75) is 18.9 Å². The van der Waals surface area contributed by atoms with Crippen LogP contribution in [0.3, 0.4) is 0 Å². The monoisotopic (exact) mass is 225 g/mol. The van der Waals surface area contributed by atoms with Gasteiger partial charge in [0.2, 0.25) is 0 Å². The van der Waals surface area contributed by atoms with Crippen LogP contribution in [0, 0.1) is 0 Å². The summed E-state index contributed by atoms with van der Waals surface area (Å²) in [5.74, 6) is -2.20. The molecule has 0 bridgehead atoms. The zero-order chi connectivity index (χ0) is 8.15. The van der Waals surface area contributed by atoms with Crippen molar-refractivity contribution in [3.8, 4) is 0 Å².